The highest BCUT2D eigenvalue weighted by atomic mass is 35.5. The molecule has 6 N–H and O–H groups in total. The number of amides is 1. The van der Waals surface area contributed by atoms with E-state index in [0.29, 0.717) is 0 Å². The molecular weight excluding hydrogens is 454 g/mol. The predicted octanol–water partition coefficient (Wildman–Crippen LogP) is 1.59. The molecule has 12 heteroatoms. The molecule has 31 heavy (non-hydrogen) atoms. The lowest BCUT2D eigenvalue weighted by Gasteiger charge is -2.37. The number of aliphatic hydroxyl groups excluding tert-OH is 2. The first-order chi connectivity index (χ1) is 14.3. The van der Waals surface area contributed by atoms with Crippen LogP contribution in [0.2, 0.25) is 5.02 Å². The Morgan fingerprint density at radius 1 is 1.16 bits per heavy atom. The zero-order valence-electron chi connectivity index (χ0n) is 15.4. The van der Waals surface area contributed by atoms with Gasteiger partial charge in [0.1, 0.15) is 27.7 Å². The summed E-state index contributed by atoms with van der Waals surface area (Å²) in [6.07, 6.45) is 1.24. The molecule has 0 spiro atoms. The minimum atomic E-state index is -4.93. The van der Waals surface area contributed by atoms with Gasteiger partial charge in [0, 0.05) is 12.0 Å². The maximum Gasteiger partial charge on any atom is 0.298 e. The standard InChI is InChI=1S/C19H14ClNO9S/c20-8-4-10(31(28,29)30)15(23)13-7(8)2-5-1-6-3-9(22)14(19(21)27)18(26)12(6)16(24)11(5)17(13)25/h2,4,6,12,22-24H,1,3H2,(H2,21,27)(H,28,29,30). The summed E-state index contributed by atoms with van der Waals surface area (Å²) in [6.45, 7) is 0. The summed E-state index contributed by atoms with van der Waals surface area (Å²) >= 11 is 6.08. The number of fused-ring (bicyclic) bond motifs is 3. The number of aromatic hydroxyl groups is 1. The van der Waals surface area contributed by atoms with E-state index in [1.807, 2.05) is 0 Å². The van der Waals surface area contributed by atoms with Crippen molar-refractivity contribution in [2.45, 2.75) is 17.7 Å². The van der Waals surface area contributed by atoms with Crippen molar-refractivity contribution < 1.29 is 42.7 Å². The first-order valence-corrected chi connectivity index (χ1v) is 10.6. The first-order valence-electron chi connectivity index (χ1n) is 8.82. The van der Waals surface area contributed by atoms with Crippen LogP contribution in [-0.2, 0) is 19.7 Å². The van der Waals surface area contributed by atoms with Crippen LogP contribution in [0.25, 0.3) is 6.08 Å². The average Bonchev–Trinajstić information content (AvgIpc) is 2.62. The monoisotopic (exact) mass is 467 g/mol. The Bertz CT molecular complexity index is 1320. The maximum atomic E-state index is 13.2. The molecular formula is C19H14ClNO9S. The van der Waals surface area contributed by atoms with Crippen LogP contribution in [0.1, 0.15) is 28.8 Å². The van der Waals surface area contributed by atoms with Crippen molar-refractivity contribution in [2.24, 2.45) is 17.6 Å². The largest absolute Gasteiger partial charge is 0.511 e. The number of carbonyl (C=O) groups excluding carboxylic acids is 3. The van der Waals surface area contributed by atoms with Gasteiger partial charge in [-0.3, -0.25) is 18.9 Å². The second-order valence-electron chi connectivity index (χ2n) is 7.42. The molecule has 1 aromatic carbocycles. The van der Waals surface area contributed by atoms with Crippen LogP contribution in [0.5, 0.6) is 5.75 Å². The van der Waals surface area contributed by atoms with E-state index in [2.05, 4.69) is 0 Å². The van der Waals surface area contributed by atoms with Crippen LogP contribution in [0, 0.1) is 11.8 Å². The molecule has 1 aromatic rings. The van der Waals surface area contributed by atoms with Gasteiger partial charge in [0.2, 0.25) is 5.78 Å². The Balaban J connectivity index is 1.95. The van der Waals surface area contributed by atoms with Crippen molar-refractivity contribution in [3.05, 3.63) is 50.5 Å². The topological polar surface area (TPSA) is 192 Å². The third-order valence-electron chi connectivity index (χ3n) is 5.65. The second kappa shape index (κ2) is 6.67. The fraction of sp³-hybridized carbons (Fsp3) is 0.211. The molecule has 0 saturated carbocycles. The van der Waals surface area contributed by atoms with E-state index in [0.717, 1.165) is 6.07 Å². The Morgan fingerprint density at radius 3 is 2.39 bits per heavy atom. The number of carbonyl (C=O) groups is 3. The van der Waals surface area contributed by atoms with Crippen LogP contribution < -0.4 is 5.73 Å². The number of hydrogen-bond donors (Lipinski definition) is 5. The second-order valence-corrected chi connectivity index (χ2v) is 9.22. The zero-order valence-corrected chi connectivity index (χ0v) is 17.0. The summed E-state index contributed by atoms with van der Waals surface area (Å²) in [6, 6.07) is 0.785. The van der Waals surface area contributed by atoms with Gasteiger partial charge in [0.25, 0.3) is 16.0 Å². The minimum absolute atomic E-state index is 0.0266. The number of phenolic OH excluding ortho intramolecular Hbond substituents is 1. The SMILES string of the molecule is NC(=O)C1=C(O)CC2CC3=Cc4c(Cl)cc(S(=O)(=O)O)c(O)c4C(=O)C3=C(O)C2C1=O. The lowest BCUT2D eigenvalue weighted by Crippen LogP contribution is -2.40. The van der Waals surface area contributed by atoms with Gasteiger partial charge in [-0.15, -0.1) is 0 Å². The van der Waals surface area contributed by atoms with Crippen molar-refractivity contribution in [1.82, 2.24) is 0 Å². The number of rotatable bonds is 2. The average molecular weight is 468 g/mol. The summed E-state index contributed by atoms with van der Waals surface area (Å²) in [5, 5.41) is 31.0. The smallest absolute Gasteiger partial charge is 0.298 e. The quantitative estimate of drug-likeness (QED) is 0.317. The Hall–Kier alpha value is -3.15. The van der Waals surface area contributed by atoms with Gasteiger partial charge >= 0.3 is 0 Å². The van der Waals surface area contributed by atoms with Crippen LogP contribution in [-0.4, -0.2) is 45.8 Å². The van der Waals surface area contributed by atoms with Crippen molar-refractivity contribution in [3.8, 4) is 5.75 Å². The number of aliphatic hydroxyl groups is 2. The molecule has 10 nitrogen and oxygen atoms in total. The Kier molecular flexibility index (Phi) is 4.54. The molecule has 0 saturated heterocycles. The summed E-state index contributed by atoms with van der Waals surface area (Å²) < 4.78 is 32.4. The molecule has 3 aliphatic carbocycles. The fourth-order valence-corrected chi connectivity index (χ4v) is 5.31. The van der Waals surface area contributed by atoms with Crippen molar-refractivity contribution in [3.63, 3.8) is 0 Å². The zero-order chi connectivity index (χ0) is 23.0. The molecule has 0 aliphatic heterocycles. The lowest BCUT2D eigenvalue weighted by molar-refractivity contribution is -0.125. The van der Waals surface area contributed by atoms with Crippen molar-refractivity contribution in [1.29, 1.82) is 0 Å². The number of allylic oxidation sites excluding steroid dienone is 4. The van der Waals surface area contributed by atoms with E-state index in [-0.39, 0.29) is 34.6 Å². The van der Waals surface area contributed by atoms with E-state index >= 15 is 0 Å². The third kappa shape index (κ3) is 2.96. The number of ketones is 2. The molecule has 0 heterocycles. The van der Waals surface area contributed by atoms with Gasteiger partial charge in [0.05, 0.1) is 22.1 Å². The number of hydrogen-bond acceptors (Lipinski definition) is 8. The third-order valence-corrected chi connectivity index (χ3v) is 6.83. The number of benzene rings is 1. The van der Waals surface area contributed by atoms with Crippen LogP contribution in [0.4, 0.5) is 0 Å². The van der Waals surface area contributed by atoms with Gasteiger partial charge in [-0.25, -0.2) is 0 Å². The van der Waals surface area contributed by atoms with Gasteiger partial charge in [0.15, 0.2) is 5.78 Å². The molecule has 0 fully saturated rings. The van der Waals surface area contributed by atoms with Crippen molar-refractivity contribution in [2.75, 3.05) is 0 Å². The summed E-state index contributed by atoms with van der Waals surface area (Å²) in [7, 11) is -4.93. The Morgan fingerprint density at radius 2 is 1.81 bits per heavy atom. The van der Waals surface area contributed by atoms with E-state index in [4.69, 9.17) is 17.3 Å². The molecule has 162 valence electrons. The maximum absolute atomic E-state index is 13.2. The van der Waals surface area contributed by atoms with E-state index < -0.39 is 72.7 Å². The minimum Gasteiger partial charge on any atom is -0.511 e. The molecule has 0 radical (unpaired) electrons. The van der Waals surface area contributed by atoms with Gasteiger partial charge < -0.3 is 21.1 Å². The molecule has 2 atom stereocenters. The number of phenols is 1. The molecule has 1 amide bonds. The van der Waals surface area contributed by atoms with Gasteiger partial charge in [-0.2, -0.15) is 8.42 Å². The number of primary amides is 1. The molecule has 3 aliphatic rings. The Labute approximate surface area is 179 Å². The van der Waals surface area contributed by atoms with Crippen LogP contribution >= 0.6 is 11.6 Å². The van der Waals surface area contributed by atoms with Gasteiger partial charge in [-0.1, -0.05) is 11.6 Å². The van der Waals surface area contributed by atoms with E-state index in [1.54, 1.807) is 0 Å². The molecule has 0 aromatic heterocycles. The fourth-order valence-electron chi connectivity index (χ4n) is 4.38. The summed E-state index contributed by atoms with van der Waals surface area (Å²) in [4.78, 5) is 36.5. The number of halogens is 1. The number of nitrogens with two attached hydrogens (primary N) is 1. The summed E-state index contributed by atoms with van der Waals surface area (Å²) in [5.41, 5.74) is 3.79. The normalized spacial score (nSPS) is 23.2. The highest BCUT2D eigenvalue weighted by Gasteiger charge is 2.48. The first kappa shape index (κ1) is 21.1. The van der Waals surface area contributed by atoms with Crippen molar-refractivity contribution >= 4 is 45.3 Å². The van der Waals surface area contributed by atoms with E-state index in [1.165, 1.54) is 6.08 Å². The summed E-state index contributed by atoms with van der Waals surface area (Å²) in [5.74, 6) is -7.41. The molecule has 4 rings (SSSR count). The van der Waals surface area contributed by atoms with Gasteiger partial charge in [-0.05, 0) is 30.1 Å². The van der Waals surface area contributed by atoms with E-state index in [9.17, 15) is 42.7 Å². The van der Waals surface area contributed by atoms with Crippen LogP contribution in [0.3, 0.4) is 0 Å². The highest BCUT2D eigenvalue weighted by Crippen LogP contribution is 2.50. The highest BCUT2D eigenvalue weighted by molar-refractivity contribution is 7.86. The lowest BCUT2D eigenvalue weighted by atomic mass is 9.66. The van der Waals surface area contributed by atoms with Crippen LogP contribution in [0.15, 0.2) is 39.2 Å². The molecule has 0 bridgehead atoms. The predicted molar refractivity (Wildman–Crippen MR) is 105 cm³/mol. The number of Topliss-reactive ketones (excluding diaryl/α,β-unsaturated/α-hetero) is 2. The molecule has 2 unspecified atom stereocenters.